The maximum absolute atomic E-state index is 13.6. The summed E-state index contributed by atoms with van der Waals surface area (Å²) in [6.07, 6.45) is 0.907. The van der Waals surface area contributed by atoms with Gasteiger partial charge in [0.15, 0.2) is 5.78 Å². The van der Waals surface area contributed by atoms with Crippen LogP contribution >= 0.6 is 11.6 Å². The van der Waals surface area contributed by atoms with Crippen molar-refractivity contribution in [3.8, 4) is 0 Å². The molecule has 1 nitrogen and oxygen atoms in total. The van der Waals surface area contributed by atoms with E-state index >= 15 is 0 Å². The molecular weight excluding hydrogens is 263 g/mol. The van der Waals surface area contributed by atoms with Gasteiger partial charge in [-0.05, 0) is 37.1 Å². The quantitative estimate of drug-likeness (QED) is 0.746. The van der Waals surface area contributed by atoms with E-state index < -0.39 is 5.82 Å². The number of carbonyl (C=O) groups excluding carboxylic acids is 1. The molecule has 0 aliphatic carbocycles. The first-order valence-corrected chi connectivity index (χ1v) is 6.48. The van der Waals surface area contributed by atoms with Crippen LogP contribution in [0.4, 0.5) is 4.39 Å². The van der Waals surface area contributed by atoms with Crippen LogP contribution in [-0.4, -0.2) is 5.78 Å². The molecule has 0 radical (unpaired) electrons. The molecule has 0 aromatic heterocycles. The van der Waals surface area contributed by atoms with Gasteiger partial charge in [-0.1, -0.05) is 41.4 Å². The summed E-state index contributed by atoms with van der Waals surface area (Å²) in [4.78, 5) is 12.0. The number of hydrogen-bond donors (Lipinski definition) is 0. The van der Waals surface area contributed by atoms with Gasteiger partial charge >= 0.3 is 0 Å². The van der Waals surface area contributed by atoms with Crippen molar-refractivity contribution in [3.63, 3.8) is 0 Å². The fraction of sp³-hybridized carbons (Fsp3) is 0.188. The van der Waals surface area contributed by atoms with Gasteiger partial charge in [0.2, 0.25) is 0 Å². The van der Waals surface area contributed by atoms with Crippen molar-refractivity contribution in [2.45, 2.75) is 19.8 Å². The second-order valence-electron chi connectivity index (χ2n) is 4.54. The van der Waals surface area contributed by atoms with Crippen LogP contribution in [0.3, 0.4) is 0 Å². The molecule has 0 fully saturated rings. The van der Waals surface area contributed by atoms with Gasteiger partial charge in [0.25, 0.3) is 0 Å². The van der Waals surface area contributed by atoms with Crippen LogP contribution in [0.25, 0.3) is 0 Å². The van der Waals surface area contributed by atoms with E-state index in [2.05, 4.69) is 0 Å². The molecule has 0 unspecified atom stereocenters. The maximum Gasteiger partial charge on any atom is 0.166 e. The van der Waals surface area contributed by atoms with E-state index in [1.807, 2.05) is 31.2 Å². The number of ketones is 1. The minimum Gasteiger partial charge on any atom is -0.294 e. The van der Waals surface area contributed by atoms with Crippen molar-refractivity contribution in [2.75, 3.05) is 0 Å². The lowest BCUT2D eigenvalue weighted by molar-refractivity contribution is 0.0979. The van der Waals surface area contributed by atoms with Crippen LogP contribution in [0.5, 0.6) is 0 Å². The Morgan fingerprint density at radius 2 is 2.00 bits per heavy atom. The first-order valence-electron chi connectivity index (χ1n) is 6.10. The Morgan fingerprint density at radius 1 is 1.21 bits per heavy atom. The number of Topliss-reactive ketones (excluding diaryl/α,β-unsaturated/α-hetero) is 1. The van der Waals surface area contributed by atoms with E-state index in [0.29, 0.717) is 17.9 Å². The van der Waals surface area contributed by atoms with Crippen molar-refractivity contribution in [1.29, 1.82) is 0 Å². The summed E-state index contributed by atoms with van der Waals surface area (Å²) in [6, 6.07) is 12.1. The Kier molecular flexibility index (Phi) is 4.33. The summed E-state index contributed by atoms with van der Waals surface area (Å²) in [6.45, 7) is 2.00. The molecular formula is C16H14ClFO. The van der Waals surface area contributed by atoms with E-state index in [4.69, 9.17) is 11.6 Å². The zero-order valence-electron chi connectivity index (χ0n) is 10.6. The Bertz CT molecular complexity index is 607. The van der Waals surface area contributed by atoms with E-state index in [9.17, 15) is 9.18 Å². The minimum absolute atomic E-state index is 0.108. The molecule has 2 aromatic rings. The lowest BCUT2D eigenvalue weighted by Crippen LogP contribution is -2.04. The number of halogens is 2. The maximum atomic E-state index is 13.6. The number of aryl methyl sites for hydroxylation is 2. The molecule has 0 aliphatic heterocycles. The van der Waals surface area contributed by atoms with Crippen LogP contribution in [0.15, 0.2) is 42.5 Å². The van der Waals surface area contributed by atoms with Gasteiger partial charge < -0.3 is 0 Å². The molecule has 0 atom stereocenters. The molecule has 0 heterocycles. The number of carbonyl (C=O) groups is 1. The number of benzene rings is 2. The molecule has 0 N–H and O–H groups in total. The summed E-state index contributed by atoms with van der Waals surface area (Å²) in [5.41, 5.74) is 2.35. The van der Waals surface area contributed by atoms with E-state index in [-0.39, 0.29) is 11.3 Å². The molecule has 3 heteroatoms. The van der Waals surface area contributed by atoms with Gasteiger partial charge in [-0.3, -0.25) is 4.79 Å². The second kappa shape index (κ2) is 5.98. The van der Waals surface area contributed by atoms with Crippen molar-refractivity contribution in [3.05, 3.63) is 70.0 Å². The van der Waals surface area contributed by atoms with Crippen molar-refractivity contribution >= 4 is 17.4 Å². The Morgan fingerprint density at radius 3 is 2.68 bits per heavy atom. The summed E-state index contributed by atoms with van der Waals surface area (Å²) < 4.78 is 13.6. The molecule has 0 aliphatic rings. The molecule has 0 saturated heterocycles. The van der Waals surface area contributed by atoms with Crippen molar-refractivity contribution < 1.29 is 9.18 Å². The molecule has 0 spiro atoms. The van der Waals surface area contributed by atoms with Gasteiger partial charge in [0, 0.05) is 11.4 Å². The summed E-state index contributed by atoms with van der Waals surface area (Å²) in [5.74, 6) is -0.752. The first kappa shape index (κ1) is 13.8. The third-order valence-electron chi connectivity index (χ3n) is 2.95. The highest BCUT2D eigenvalue weighted by Gasteiger charge is 2.12. The first-order chi connectivity index (χ1) is 9.06. The lowest BCUT2D eigenvalue weighted by Gasteiger charge is -2.04. The number of hydrogen-bond acceptors (Lipinski definition) is 1. The third-order valence-corrected chi connectivity index (χ3v) is 3.19. The van der Waals surface area contributed by atoms with Crippen LogP contribution in [0.1, 0.15) is 27.9 Å². The van der Waals surface area contributed by atoms with Gasteiger partial charge in [-0.15, -0.1) is 0 Å². The van der Waals surface area contributed by atoms with Gasteiger partial charge in [0.1, 0.15) is 5.82 Å². The summed E-state index contributed by atoms with van der Waals surface area (Å²) >= 11 is 5.66. The van der Waals surface area contributed by atoms with E-state index in [1.165, 1.54) is 18.2 Å². The molecule has 98 valence electrons. The van der Waals surface area contributed by atoms with Crippen molar-refractivity contribution in [2.24, 2.45) is 0 Å². The summed E-state index contributed by atoms with van der Waals surface area (Å²) in [7, 11) is 0. The number of rotatable bonds is 4. The fourth-order valence-corrected chi connectivity index (χ4v) is 2.13. The van der Waals surface area contributed by atoms with Crippen molar-refractivity contribution in [1.82, 2.24) is 0 Å². The SMILES string of the molecule is Cc1cccc(CCC(=O)c2ccc(Cl)cc2F)c1. The van der Waals surface area contributed by atoms with E-state index in [1.54, 1.807) is 0 Å². The Balaban J connectivity index is 2.05. The molecule has 2 aromatic carbocycles. The molecule has 0 bridgehead atoms. The Labute approximate surface area is 117 Å². The highest BCUT2D eigenvalue weighted by Crippen LogP contribution is 2.17. The highest BCUT2D eigenvalue weighted by atomic mass is 35.5. The minimum atomic E-state index is -0.554. The largest absolute Gasteiger partial charge is 0.294 e. The molecule has 2 rings (SSSR count). The van der Waals surface area contributed by atoms with Crippen LogP contribution < -0.4 is 0 Å². The lowest BCUT2D eigenvalue weighted by atomic mass is 10.0. The molecule has 0 amide bonds. The molecule has 0 saturated carbocycles. The second-order valence-corrected chi connectivity index (χ2v) is 4.97. The topological polar surface area (TPSA) is 17.1 Å². The zero-order chi connectivity index (χ0) is 13.8. The predicted octanol–water partition coefficient (Wildman–Crippen LogP) is 4.60. The summed E-state index contributed by atoms with van der Waals surface area (Å²) in [5, 5.41) is 0.299. The Hall–Kier alpha value is -1.67. The van der Waals surface area contributed by atoms with Crippen LogP contribution in [0.2, 0.25) is 5.02 Å². The van der Waals surface area contributed by atoms with Gasteiger partial charge in [0.05, 0.1) is 5.56 Å². The monoisotopic (exact) mass is 276 g/mol. The normalized spacial score (nSPS) is 10.5. The average Bonchev–Trinajstić information content (AvgIpc) is 2.36. The standard InChI is InChI=1S/C16H14ClFO/c1-11-3-2-4-12(9-11)5-8-16(19)14-7-6-13(17)10-15(14)18/h2-4,6-7,9-10H,5,8H2,1H3. The van der Waals surface area contributed by atoms with E-state index in [0.717, 1.165) is 11.1 Å². The predicted molar refractivity (Wildman–Crippen MR) is 75.2 cm³/mol. The smallest absolute Gasteiger partial charge is 0.166 e. The van der Waals surface area contributed by atoms with Gasteiger partial charge in [-0.25, -0.2) is 4.39 Å². The van der Waals surface area contributed by atoms with Crippen LogP contribution in [-0.2, 0) is 6.42 Å². The molecule has 19 heavy (non-hydrogen) atoms. The highest BCUT2D eigenvalue weighted by molar-refractivity contribution is 6.30. The zero-order valence-corrected chi connectivity index (χ0v) is 11.4. The van der Waals surface area contributed by atoms with Gasteiger partial charge in [-0.2, -0.15) is 0 Å². The van der Waals surface area contributed by atoms with Crippen LogP contribution in [0, 0.1) is 12.7 Å². The fourth-order valence-electron chi connectivity index (χ4n) is 1.98. The average molecular weight is 277 g/mol. The third kappa shape index (κ3) is 3.65.